The lowest BCUT2D eigenvalue weighted by Gasteiger charge is -2.42. The van der Waals surface area contributed by atoms with Crippen LogP contribution in [-0.2, 0) is 4.74 Å². The first-order valence-electron chi connectivity index (χ1n) is 5.47. The average Bonchev–Trinajstić information content (AvgIpc) is 2.52. The van der Waals surface area contributed by atoms with Gasteiger partial charge in [-0.2, -0.15) is 0 Å². The van der Waals surface area contributed by atoms with Crippen LogP contribution in [0.2, 0.25) is 0 Å². The minimum atomic E-state index is -0.869. The molecule has 0 spiro atoms. The van der Waals surface area contributed by atoms with Gasteiger partial charge in [-0.15, -0.1) is 0 Å². The van der Waals surface area contributed by atoms with Gasteiger partial charge in [0.15, 0.2) is 6.29 Å². The minimum Gasteiger partial charge on any atom is -0.364 e. The second-order valence-corrected chi connectivity index (χ2v) is 5.40. The van der Waals surface area contributed by atoms with Crippen molar-refractivity contribution in [3.05, 3.63) is 24.3 Å². The van der Waals surface area contributed by atoms with Crippen LogP contribution >= 0.6 is 0 Å². The molecule has 2 nitrogen and oxygen atoms in total. The highest BCUT2D eigenvalue weighted by Crippen LogP contribution is 2.43. The number of hydrogen-bond acceptors (Lipinski definition) is 2. The lowest BCUT2D eigenvalue weighted by molar-refractivity contribution is -0.183. The van der Waals surface area contributed by atoms with E-state index in [9.17, 15) is 5.11 Å². The third-order valence-corrected chi connectivity index (χ3v) is 3.08. The zero-order valence-corrected chi connectivity index (χ0v) is 10.2. The molecule has 0 heterocycles. The fraction of sp³-hybridized carbons (Fsp3) is 0.692. The van der Waals surface area contributed by atoms with Crippen molar-refractivity contribution in [1.82, 2.24) is 0 Å². The molecular weight excluding hydrogens is 188 g/mol. The van der Waals surface area contributed by atoms with Gasteiger partial charge in [-0.05, 0) is 30.8 Å². The third kappa shape index (κ3) is 2.50. The van der Waals surface area contributed by atoms with Crippen LogP contribution in [0.4, 0.5) is 0 Å². The molecule has 86 valence electrons. The Hall–Kier alpha value is -0.600. The number of rotatable bonds is 3. The van der Waals surface area contributed by atoms with E-state index in [4.69, 9.17) is 4.74 Å². The van der Waals surface area contributed by atoms with Crippen LogP contribution in [0.1, 0.15) is 40.5 Å². The summed E-state index contributed by atoms with van der Waals surface area (Å²) < 4.78 is 5.79. The molecule has 0 saturated carbocycles. The number of ether oxygens (including phenoxy) is 1. The van der Waals surface area contributed by atoms with Crippen molar-refractivity contribution in [3.63, 3.8) is 0 Å². The lowest BCUT2D eigenvalue weighted by Crippen LogP contribution is -2.45. The molecule has 1 aliphatic rings. The largest absolute Gasteiger partial charge is 0.364 e. The SMILES string of the molecule is C=C(C)C(O)OC1(C(C)(C)C)C=CCC1. The number of allylic oxidation sites excluding steroid dienone is 1. The molecule has 0 amide bonds. The van der Waals surface area contributed by atoms with Crippen LogP contribution in [0, 0.1) is 5.41 Å². The monoisotopic (exact) mass is 210 g/mol. The van der Waals surface area contributed by atoms with Crippen LogP contribution < -0.4 is 0 Å². The highest BCUT2D eigenvalue weighted by Gasteiger charge is 2.43. The van der Waals surface area contributed by atoms with Crippen LogP contribution in [0.3, 0.4) is 0 Å². The molecule has 2 atom stereocenters. The number of hydrogen-bond donors (Lipinski definition) is 1. The van der Waals surface area contributed by atoms with Crippen molar-refractivity contribution in [2.45, 2.75) is 52.4 Å². The molecule has 2 heteroatoms. The maximum Gasteiger partial charge on any atom is 0.177 e. The topological polar surface area (TPSA) is 29.5 Å². The van der Waals surface area contributed by atoms with E-state index in [2.05, 4.69) is 39.5 Å². The summed E-state index contributed by atoms with van der Waals surface area (Å²) >= 11 is 0. The maximum atomic E-state index is 9.76. The summed E-state index contributed by atoms with van der Waals surface area (Å²) in [5, 5.41) is 9.76. The van der Waals surface area contributed by atoms with Gasteiger partial charge in [0.2, 0.25) is 0 Å². The molecule has 0 aromatic heterocycles. The summed E-state index contributed by atoms with van der Waals surface area (Å²) in [6, 6.07) is 0. The van der Waals surface area contributed by atoms with Gasteiger partial charge >= 0.3 is 0 Å². The van der Waals surface area contributed by atoms with Gasteiger partial charge in [-0.3, -0.25) is 0 Å². The second kappa shape index (κ2) is 4.11. The predicted molar refractivity (Wildman–Crippen MR) is 62.5 cm³/mol. The van der Waals surface area contributed by atoms with Crippen molar-refractivity contribution in [1.29, 1.82) is 0 Å². The fourth-order valence-corrected chi connectivity index (χ4v) is 1.85. The molecule has 1 N–H and O–H groups in total. The Morgan fingerprint density at radius 3 is 2.47 bits per heavy atom. The van der Waals surface area contributed by atoms with E-state index in [0.29, 0.717) is 5.57 Å². The van der Waals surface area contributed by atoms with E-state index in [1.165, 1.54) is 0 Å². The molecule has 0 radical (unpaired) electrons. The summed E-state index contributed by atoms with van der Waals surface area (Å²) in [7, 11) is 0. The smallest absolute Gasteiger partial charge is 0.177 e. The van der Waals surface area contributed by atoms with E-state index >= 15 is 0 Å². The lowest BCUT2D eigenvalue weighted by atomic mass is 9.76. The van der Waals surface area contributed by atoms with Gasteiger partial charge in [0, 0.05) is 0 Å². The Labute approximate surface area is 92.6 Å². The third-order valence-electron chi connectivity index (χ3n) is 3.08. The highest BCUT2D eigenvalue weighted by atomic mass is 16.6. The quantitative estimate of drug-likeness (QED) is 0.573. The highest BCUT2D eigenvalue weighted by molar-refractivity contribution is 5.15. The van der Waals surface area contributed by atoms with Crippen molar-refractivity contribution < 1.29 is 9.84 Å². The first-order chi connectivity index (χ1) is 6.78. The van der Waals surface area contributed by atoms with Crippen molar-refractivity contribution in [2.24, 2.45) is 5.41 Å². The zero-order valence-electron chi connectivity index (χ0n) is 10.2. The first-order valence-corrected chi connectivity index (χ1v) is 5.47. The van der Waals surface area contributed by atoms with Crippen LogP contribution in [-0.4, -0.2) is 17.0 Å². The molecular formula is C13H22O2. The summed E-state index contributed by atoms with van der Waals surface area (Å²) in [6.45, 7) is 11.9. The van der Waals surface area contributed by atoms with Crippen LogP contribution in [0.25, 0.3) is 0 Å². The zero-order chi connectivity index (χ0) is 11.7. The van der Waals surface area contributed by atoms with E-state index in [1.54, 1.807) is 6.92 Å². The van der Waals surface area contributed by atoms with Crippen molar-refractivity contribution in [3.8, 4) is 0 Å². The normalized spacial score (nSPS) is 28.1. The number of aliphatic hydroxyl groups is 1. The molecule has 15 heavy (non-hydrogen) atoms. The fourth-order valence-electron chi connectivity index (χ4n) is 1.85. The first kappa shape index (κ1) is 12.5. The van der Waals surface area contributed by atoms with E-state index in [1.807, 2.05) is 0 Å². The molecule has 1 aliphatic carbocycles. The maximum absolute atomic E-state index is 9.76. The van der Waals surface area contributed by atoms with E-state index in [0.717, 1.165) is 12.8 Å². The Balaban J connectivity index is 2.85. The van der Waals surface area contributed by atoms with E-state index in [-0.39, 0.29) is 11.0 Å². The molecule has 0 saturated heterocycles. The summed E-state index contributed by atoms with van der Waals surface area (Å²) in [5.74, 6) is 0. The predicted octanol–water partition coefficient (Wildman–Crippen LogP) is 3.03. The Morgan fingerprint density at radius 1 is 1.53 bits per heavy atom. The molecule has 2 unspecified atom stereocenters. The van der Waals surface area contributed by atoms with Gasteiger partial charge in [0.25, 0.3) is 0 Å². The molecule has 0 fully saturated rings. The minimum absolute atomic E-state index is 0.0174. The Bertz CT molecular complexity index is 273. The standard InChI is InChI=1S/C13H22O2/c1-10(2)11(14)15-13(12(3,4)5)8-6-7-9-13/h6,8,11,14H,1,7,9H2,2-5H3. The van der Waals surface area contributed by atoms with Crippen molar-refractivity contribution in [2.75, 3.05) is 0 Å². The van der Waals surface area contributed by atoms with Gasteiger partial charge in [0.05, 0.1) is 5.60 Å². The summed E-state index contributed by atoms with van der Waals surface area (Å²) in [4.78, 5) is 0. The van der Waals surface area contributed by atoms with Crippen LogP contribution in [0.15, 0.2) is 24.3 Å². The summed E-state index contributed by atoms with van der Waals surface area (Å²) in [6.07, 6.45) is 5.28. The second-order valence-electron chi connectivity index (χ2n) is 5.40. The van der Waals surface area contributed by atoms with Gasteiger partial charge < -0.3 is 9.84 Å². The van der Waals surface area contributed by atoms with E-state index < -0.39 is 6.29 Å². The summed E-state index contributed by atoms with van der Waals surface area (Å²) in [5.41, 5.74) is 0.279. The molecule has 1 rings (SSSR count). The van der Waals surface area contributed by atoms with Gasteiger partial charge in [-0.1, -0.05) is 39.5 Å². The average molecular weight is 210 g/mol. The molecule has 0 aromatic carbocycles. The van der Waals surface area contributed by atoms with Gasteiger partial charge in [0.1, 0.15) is 0 Å². The Morgan fingerprint density at radius 2 is 2.13 bits per heavy atom. The van der Waals surface area contributed by atoms with Crippen LogP contribution in [0.5, 0.6) is 0 Å². The number of aliphatic hydroxyl groups excluding tert-OH is 1. The van der Waals surface area contributed by atoms with Crippen molar-refractivity contribution >= 4 is 0 Å². The molecule has 0 bridgehead atoms. The Kier molecular flexibility index (Phi) is 3.41. The molecule has 0 aliphatic heterocycles. The molecule has 0 aromatic rings. The van der Waals surface area contributed by atoms with Gasteiger partial charge in [-0.25, -0.2) is 0 Å².